The summed E-state index contributed by atoms with van der Waals surface area (Å²) >= 11 is 0. The van der Waals surface area contributed by atoms with Gasteiger partial charge < -0.3 is 119 Å². The van der Waals surface area contributed by atoms with Crippen molar-refractivity contribution in [2.45, 2.75) is 30.7 Å². The number of hydrogen-bond acceptors (Lipinski definition) is 30. The van der Waals surface area contributed by atoms with Crippen LogP contribution in [0.1, 0.15) is 41.4 Å². The molecule has 0 spiro atoms. The Morgan fingerprint density at radius 1 is 0.346 bits per heavy atom. The maximum absolute atomic E-state index is 14.6. The third-order valence-electron chi connectivity index (χ3n) is 13.2. The van der Waals surface area contributed by atoms with Gasteiger partial charge in [0.1, 0.15) is 18.3 Å². The van der Waals surface area contributed by atoms with Gasteiger partial charge in [0.2, 0.25) is 34.5 Å². The van der Waals surface area contributed by atoms with Crippen LogP contribution in [0.4, 0.5) is 0 Å². The van der Waals surface area contributed by atoms with E-state index in [9.17, 15) is 116 Å². The average molecular weight is 1080 g/mol. The molecule has 30 nitrogen and oxygen atoms in total. The van der Waals surface area contributed by atoms with Crippen LogP contribution in [-0.4, -0.2) is 148 Å². The van der Waals surface area contributed by atoms with Crippen molar-refractivity contribution in [1.29, 1.82) is 0 Å². The summed E-state index contributed by atoms with van der Waals surface area (Å²) in [4.78, 5) is 86.0. The molecule has 5 heterocycles. The number of benzene rings is 6. The monoisotopic (exact) mass is 1080 g/mol. The van der Waals surface area contributed by atoms with E-state index >= 15 is 0 Å². The molecule has 0 radical (unpaired) electrons. The molecular weight excluding hydrogens is 1060 g/mol. The quantitative estimate of drug-likeness (QED) is 0.0339. The standard InChI is InChI=1S/C48H28O30/c49-11-2-7-18(31(59)28(11)56)19-23-21-20-22(46(69)75-39(21)36(64)33(19)61)15(32(60)35(63)38(20)76-47(23)70)6-1-10(25(53)34(62)24(6)52)45(68)74-37-14(5-72-42(7)65)73-48(71)41-40(37)77-43(66)8-3-12(50)26(54)29(57)16(8)17-9(44(67)78-41)4-13(51)27(55)30(17)58/h1-4,14,37,40-41,48-64,71H,5H2. The van der Waals surface area contributed by atoms with Gasteiger partial charge in [-0.25, -0.2) is 28.8 Å². The predicted octanol–water partition coefficient (Wildman–Crippen LogP) is 1.96. The van der Waals surface area contributed by atoms with Crippen molar-refractivity contribution >= 4 is 56.6 Å². The second-order valence-corrected chi connectivity index (χ2v) is 17.4. The van der Waals surface area contributed by atoms with Gasteiger partial charge in [0.15, 0.2) is 93.3 Å². The Kier molecular flexibility index (Phi) is 10.3. The first kappa shape index (κ1) is 49.1. The third-order valence-corrected chi connectivity index (χ3v) is 13.2. The van der Waals surface area contributed by atoms with Crippen molar-refractivity contribution in [2.24, 2.45) is 0 Å². The van der Waals surface area contributed by atoms with Crippen LogP contribution >= 0.6 is 0 Å². The van der Waals surface area contributed by atoms with Gasteiger partial charge in [0, 0.05) is 44.2 Å². The molecule has 6 aromatic carbocycles. The molecule has 0 saturated carbocycles. The second kappa shape index (κ2) is 16.4. The van der Waals surface area contributed by atoms with E-state index < -0.39 is 253 Å². The second-order valence-electron chi connectivity index (χ2n) is 17.4. The van der Waals surface area contributed by atoms with Crippen LogP contribution in [-0.2, 0) is 23.7 Å². The Bertz CT molecular complexity index is 4240. The molecule has 0 aliphatic carbocycles. The number of phenolic OH excluding ortho intramolecular Hbond substituents is 16. The van der Waals surface area contributed by atoms with Gasteiger partial charge in [-0.05, 0) is 24.3 Å². The summed E-state index contributed by atoms with van der Waals surface area (Å²) in [5, 5.41) is 185. The molecule has 78 heavy (non-hydrogen) atoms. The number of rotatable bonds is 0. The van der Waals surface area contributed by atoms with E-state index in [0.29, 0.717) is 24.3 Å². The SMILES string of the molecule is O=C1OC2C(COC(=O)c3cc(O)c(O)c(O)c3-c3c(O)c(O)c4oc(=O)c5c(c(O)c(O)c6oc(=O)c3c4c65)-c3cc1c(O)c(O)c3O)OC(O)C1OC(=O)c3cc(O)c(O)c(O)c3-c3c(cc(O)c(O)c3O)C(=O)OC12. The summed E-state index contributed by atoms with van der Waals surface area (Å²) in [6.45, 7) is -1.45. The molecule has 17 N–H and O–H groups in total. The molecule has 1 fully saturated rings. The molecule has 3 aliphatic heterocycles. The summed E-state index contributed by atoms with van der Waals surface area (Å²) in [5.41, 5.74) is -17.3. The molecular formula is C48H28O30. The number of carbonyl (C=O) groups excluding carboxylic acids is 4. The minimum Gasteiger partial charge on any atom is -0.504 e. The zero-order valence-electron chi connectivity index (χ0n) is 37.8. The van der Waals surface area contributed by atoms with Crippen LogP contribution in [0.15, 0.2) is 42.7 Å². The molecule has 5 unspecified atom stereocenters. The highest BCUT2D eigenvalue weighted by Crippen LogP contribution is 2.59. The van der Waals surface area contributed by atoms with Crippen LogP contribution in [0.25, 0.3) is 66.1 Å². The van der Waals surface area contributed by atoms with Gasteiger partial charge in [-0.1, -0.05) is 0 Å². The van der Waals surface area contributed by atoms with Crippen LogP contribution in [0.5, 0.6) is 92.0 Å². The molecule has 0 amide bonds. The van der Waals surface area contributed by atoms with Crippen LogP contribution < -0.4 is 11.3 Å². The topological polar surface area (TPSA) is 519 Å². The van der Waals surface area contributed by atoms with Crippen LogP contribution in [0.2, 0.25) is 0 Å². The number of fused-ring (bicyclic) bond motifs is 11. The maximum Gasteiger partial charge on any atom is 0.345 e. The van der Waals surface area contributed by atoms with Crippen molar-refractivity contribution in [3.05, 3.63) is 67.4 Å². The first-order valence-corrected chi connectivity index (χ1v) is 21.7. The number of aliphatic hydroxyl groups excluding tert-OH is 1. The van der Waals surface area contributed by atoms with Gasteiger partial charge >= 0.3 is 35.1 Å². The number of aromatic hydroxyl groups is 16. The molecule has 30 heteroatoms. The van der Waals surface area contributed by atoms with Crippen molar-refractivity contribution in [3.8, 4) is 125 Å². The zero-order chi connectivity index (χ0) is 56.3. The number of aliphatic hydroxyl groups is 1. The number of esters is 4. The van der Waals surface area contributed by atoms with Crippen molar-refractivity contribution < 1.29 is 139 Å². The van der Waals surface area contributed by atoms with E-state index in [-0.39, 0.29) is 0 Å². The Morgan fingerprint density at radius 3 is 1.23 bits per heavy atom. The average Bonchev–Trinajstić information content (AvgIpc) is 3.37. The minimum absolute atomic E-state index is 0.355. The summed E-state index contributed by atoms with van der Waals surface area (Å²) in [6, 6.07) is 1.50. The van der Waals surface area contributed by atoms with E-state index in [1.54, 1.807) is 0 Å². The summed E-state index contributed by atoms with van der Waals surface area (Å²) in [7, 11) is 0. The van der Waals surface area contributed by atoms with E-state index in [2.05, 4.69) is 0 Å². The molecule has 1 saturated heterocycles. The number of carbonyl (C=O) groups is 4. The molecule has 400 valence electrons. The summed E-state index contributed by atoms with van der Waals surface area (Å²) in [5.74, 6) is -31.1. The molecule has 11 rings (SSSR count). The fourth-order valence-corrected chi connectivity index (χ4v) is 9.68. The Labute approximate surface area is 424 Å². The molecule has 5 atom stereocenters. The molecule has 8 aromatic rings. The lowest BCUT2D eigenvalue weighted by Gasteiger charge is -2.43. The largest absolute Gasteiger partial charge is 0.504 e. The first-order chi connectivity index (χ1) is 36.8. The van der Waals surface area contributed by atoms with Crippen molar-refractivity contribution in [3.63, 3.8) is 0 Å². The predicted molar refractivity (Wildman–Crippen MR) is 245 cm³/mol. The Morgan fingerprint density at radius 2 is 0.731 bits per heavy atom. The van der Waals surface area contributed by atoms with Gasteiger partial charge in [0.25, 0.3) is 0 Å². The summed E-state index contributed by atoms with van der Waals surface area (Å²) in [6.07, 6.45) is -12.8. The lowest BCUT2D eigenvalue weighted by Crippen LogP contribution is -2.62. The van der Waals surface area contributed by atoms with E-state index in [1.807, 2.05) is 0 Å². The fourth-order valence-electron chi connectivity index (χ4n) is 9.68. The number of cyclic esters (lactones) is 1. The lowest BCUT2D eigenvalue weighted by molar-refractivity contribution is -0.284. The maximum atomic E-state index is 14.6. The Hall–Kier alpha value is -11.1. The van der Waals surface area contributed by atoms with E-state index in [1.165, 1.54) is 0 Å². The van der Waals surface area contributed by atoms with Crippen molar-refractivity contribution in [2.75, 3.05) is 6.61 Å². The van der Waals surface area contributed by atoms with Crippen molar-refractivity contribution in [1.82, 2.24) is 0 Å². The molecule has 8 bridgehead atoms. The van der Waals surface area contributed by atoms with E-state index in [0.717, 1.165) is 0 Å². The highest BCUT2D eigenvalue weighted by molar-refractivity contribution is 6.29. The van der Waals surface area contributed by atoms with Gasteiger partial charge in [-0.2, -0.15) is 0 Å². The third kappa shape index (κ3) is 6.49. The minimum atomic E-state index is -2.69. The first-order valence-electron chi connectivity index (χ1n) is 21.7. The lowest BCUT2D eigenvalue weighted by atomic mass is 9.88. The number of phenols is 16. The highest BCUT2D eigenvalue weighted by atomic mass is 16.7. The summed E-state index contributed by atoms with van der Waals surface area (Å²) < 4.78 is 38.3. The van der Waals surface area contributed by atoms with E-state index in [4.69, 9.17) is 32.5 Å². The van der Waals surface area contributed by atoms with Gasteiger partial charge in [-0.3, -0.25) is 0 Å². The van der Waals surface area contributed by atoms with Gasteiger partial charge in [0.05, 0.1) is 27.5 Å². The number of ether oxygens (including phenoxy) is 5. The zero-order valence-corrected chi connectivity index (χ0v) is 37.8. The van der Waals surface area contributed by atoms with Crippen LogP contribution in [0.3, 0.4) is 0 Å². The Balaban J connectivity index is 1.20. The fraction of sp³-hybridized carbons (Fsp3) is 0.125. The normalized spacial score (nSPS) is 19.3. The molecule has 2 aromatic heterocycles. The number of hydrogen-bond donors (Lipinski definition) is 17. The smallest absolute Gasteiger partial charge is 0.345 e. The molecule has 3 aliphatic rings. The highest BCUT2D eigenvalue weighted by Gasteiger charge is 2.54. The van der Waals surface area contributed by atoms with Gasteiger partial charge in [-0.15, -0.1) is 0 Å². The van der Waals surface area contributed by atoms with Crippen LogP contribution in [0, 0.1) is 0 Å².